The van der Waals surface area contributed by atoms with Crippen LogP contribution in [0.4, 0.5) is 0 Å². The molecule has 13 heavy (non-hydrogen) atoms. The Hall–Kier alpha value is -0.880. The lowest BCUT2D eigenvalue weighted by molar-refractivity contribution is -0.118. The van der Waals surface area contributed by atoms with Crippen molar-refractivity contribution < 1.29 is 18.3 Å². The highest BCUT2D eigenvalue weighted by atomic mass is 32.2. The van der Waals surface area contributed by atoms with Gasteiger partial charge in [0.05, 0.1) is 12.4 Å². The maximum Gasteiger partial charge on any atom is 0.235 e. The van der Waals surface area contributed by atoms with Crippen LogP contribution in [0.3, 0.4) is 0 Å². The SMILES string of the molecule is C=CCS(=O)(=O)CC(=O)NCCO. The summed E-state index contributed by atoms with van der Waals surface area (Å²) >= 11 is 0. The summed E-state index contributed by atoms with van der Waals surface area (Å²) in [5, 5.41) is 10.6. The van der Waals surface area contributed by atoms with E-state index in [0.717, 1.165) is 0 Å². The summed E-state index contributed by atoms with van der Waals surface area (Å²) in [6, 6.07) is 0. The van der Waals surface area contributed by atoms with E-state index in [0.29, 0.717) is 0 Å². The fourth-order valence-electron chi connectivity index (χ4n) is 0.685. The first kappa shape index (κ1) is 12.1. The monoisotopic (exact) mass is 207 g/mol. The fraction of sp³-hybridized carbons (Fsp3) is 0.571. The van der Waals surface area contributed by atoms with Gasteiger partial charge in [-0.05, 0) is 0 Å². The Bertz CT molecular complexity index is 270. The van der Waals surface area contributed by atoms with Crippen LogP contribution in [0.2, 0.25) is 0 Å². The average molecular weight is 207 g/mol. The van der Waals surface area contributed by atoms with Gasteiger partial charge >= 0.3 is 0 Å². The van der Waals surface area contributed by atoms with Crippen molar-refractivity contribution in [3.05, 3.63) is 12.7 Å². The number of carbonyl (C=O) groups is 1. The van der Waals surface area contributed by atoms with Gasteiger partial charge in [0.15, 0.2) is 9.84 Å². The van der Waals surface area contributed by atoms with Crippen molar-refractivity contribution in [2.75, 3.05) is 24.7 Å². The molecule has 0 aliphatic carbocycles. The van der Waals surface area contributed by atoms with Crippen molar-refractivity contribution in [1.29, 1.82) is 0 Å². The topological polar surface area (TPSA) is 83.5 Å². The second-order valence-electron chi connectivity index (χ2n) is 2.42. The van der Waals surface area contributed by atoms with Crippen LogP contribution in [0.15, 0.2) is 12.7 Å². The molecule has 0 saturated carbocycles. The highest BCUT2D eigenvalue weighted by molar-refractivity contribution is 7.92. The maximum atomic E-state index is 11.0. The Kier molecular flexibility index (Phi) is 5.33. The van der Waals surface area contributed by atoms with Gasteiger partial charge in [-0.25, -0.2) is 8.42 Å². The molecule has 0 aliphatic rings. The maximum absolute atomic E-state index is 11.0. The lowest BCUT2D eigenvalue weighted by Crippen LogP contribution is -2.32. The third-order valence-corrected chi connectivity index (χ3v) is 2.60. The van der Waals surface area contributed by atoms with Crippen LogP contribution >= 0.6 is 0 Å². The van der Waals surface area contributed by atoms with Gasteiger partial charge in [-0.2, -0.15) is 0 Å². The van der Waals surface area contributed by atoms with Crippen LogP contribution in [0.5, 0.6) is 0 Å². The number of carbonyl (C=O) groups excluding carboxylic acids is 1. The van der Waals surface area contributed by atoms with Crippen LogP contribution < -0.4 is 5.32 Å². The molecule has 1 amide bonds. The molecule has 0 rings (SSSR count). The van der Waals surface area contributed by atoms with Gasteiger partial charge in [0.1, 0.15) is 5.75 Å². The van der Waals surface area contributed by atoms with E-state index in [1.54, 1.807) is 0 Å². The molecule has 0 aromatic rings. The molecule has 0 atom stereocenters. The van der Waals surface area contributed by atoms with E-state index < -0.39 is 21.5 Å². The molecule has 0 unspecified atom stereocenters. The minimum atomic E-state index is -3.37. The van der Waals surface area contributed by atoms with Crippen LogP contribution in [0.1, 0.15) is 0 Å². The van der Waals surface area contributed by atoms with Crippen molar-refractivity contribution in [3.63, 3.8) is 0 Å². The summed E-state index contributed by atoms with van der Waals surface area (Å²) in [6.45, 7) is 3.14. The number of hydrogen-bond acceptors (Lipinski definition) is 4. The number of rotatable bonds is 6. The number of nitrogens with one attached hydrogen (secondary N) is 1. The van der Waals surface area contributed by atoms with E-state index >= 15 is 0 Å². The molecule has 0 aliphatic heterocycles. The van der Waals surface area contributed by atoms with Crippen molar-refractivity contribution in [2.24, 2.45) is 0 Å². The van der Waals surface area contributed by atoms with E-state index in [1.807, 2.05) is 0 Å². The zero-order chi connectivity index (χ0) is 10.3. The first-order valence-corrected chi connectivity index (χ1v) is 5.53. The number of aliphatic hydroxyl groups is 1. The first-order chi connectivity index (χ1) is 6.02. The average Bonchev–Trinajstić information content (AvgIpc) is 1.99. The molecule has 2 N–H and O–H groups in total. The molecule has 0 radical (unpaired) electrons. The van der Waals surface area contributed by atoms with E-state index in [-0.39, 0.29) is 18.9 Å². The lowest BCUT2D eigenvalue weighted by Gasteiger charge is -2.02. The highest BCUT2D eigenvalue weighted by Gasteiger charge is 2.13. The summed E-state index contributed by atoms with van der Waals surface area (Å²) in [4.78, 5) is 10.9. The van der Waals surface area contributed by atoms with Gasteiger partial charge in [0, 0.05) is 6.54 Å². The van der Waals surface area contributed by atoms with Gasteiger partial charge < -0.3 is 10.4 Å². The normalized spacial score (nSPS) is 10.8. The number of amides is 1. The van der Waals surface area contributed by atoms with Crippen molar-refractivity contribution in [1.82, 2.24) is 5.32 Å². The molecular weight excluding hydrogens is 194 g/mol. The Balaban J connectivity index is 3.97. The summed E-state index contributed by atoms with van der Waals surface area (Å²) in [5.41, 5.74) is 0. The Morgan fingerprint density at radius 1 is 1.54 bits per heavy atom. The Morgan fingerprint density at radius 2 is 2.15 bits per heavy atom. The second kappa shape index (κ2) is 5.71. The third kappa shape index (κ3) is 6.30. The minimum Gasteiger partial charge on any atom is -0.395 e. The summed E-state index contributed by atoms with van der Waals surface area (Å²) in [7, 11) is -3.37. The summed E-state index contributed by atoms with van der Waals surface area (Å²) in [5.74, 6) is -1.37. The predicted molar refractivity (Wildman–Crippen MR) is 48.9 cm³/mol. The fourth-order valence-corrected chi connectivity index (χ4v) is 1.66. The quantitative estimate of drug-likeness (QED) is 0.530. The number of hydrogen-bond donors (Lipinski definition) is 2. The molecule has 0 heterocycles. The molecule has 0 saturated heterocycles. The molecule has 0 fully saturated rings. The highest BCUT2D eigenvalue weighted by Crippen LogP contribution is 1.89. The zero-order valence-electron chi connectivity index (χ0n) is 7.19. The predicted octanol–water partition coefficient (Wildman–Crippen LogP) is -1.30. The largest absolute Gasteiger partial charge is 0.395 e. The first-order valence-electron chi connectivity index (χ1n) is 3.70. The van der Waals surface area contributed by atoms with Gasteiger partial charge in [0.2, 0.25) is 5.91 Å². The summed E-state index contributed by atoms with van der Waals surface area (Å²) in [6.07, 6.45) is 1.23. The van der Waals surface area contributed by atoms with Crippen LogP contribution in [-0.4, -0.2) is 44.1 Å². The molecule has 0 bridgehead atoms. The van der Waals surface area contributed by atoms with Crippen LogP contribution in [0, 0.1) is 0 Å². The van der Waals surface area contributed by atoms with Gasteiger partial charge in [-0.1, -0.05) is 6.08 Å². The molecule has 76 valence electrons. The molecule has 0 aromatic heterocycles. The molecular formula is C7H13NO4S. The van der Waals surface area contributed by atoms with Crippen LogP contribution in [0.25, 0.3) is 0 Å². The van der Waals surface area contributed by atoms with E-state index in [4.69, 9.17) is 5.11 Å². The Morgan fingerprint density at radius 3 is 2.62 bits per heavy atom. The second-order valence-corrected chi connectivity index (χ2v) is 4.53. The van der Waals surface area contributed by atoms with Crippen molar-refractivity contribution in [3.8, 4) is 0 Å². The van der Waals surface area contributed by atoms with Gasteiger partial charge in [-0.3, -0.25) is 4.79 Å². The Labute approximate surface area is 77.4 Å². The van der Waals surface area contributed by atoms with Gasteiger partial charge in [-0.15, -0.1) is 6.58 Å². The van der Waals surface area contributed by atoms with Gasteiger partial charge in [0.25, 0.3) is 0 Å². The molecule has 0 aromatic carbocycles. The van der Waals surface area contributed by atoms with E-state index in [1.165, 1.54) is 6.08 Å². The smallest absolute Gasteiger partial charge is 0.235 e. The third-order valence-electron chi connectivity index (χ3n) is 1.16. The lowest BCUT2D eigenvalue weighted by atomic mass is 10.6. The summed E-state index contributed by atoms with van der Waals surface area (Å²) < 4.78 is 22.0. The van der Waals surface area contributed by atoms with E-state index in [2.05, 4.69) is 11.9 Å². The molecule has 0 spiro atoms. The standard InChI is InChI=1S/C7H13NO4S/c1-2-5-13(11,12)6-7(10)8-3-4-9/h2,9H,1,3-6H2,(H,8,10). The van der Waals surface area contributed by atoms with Crippen molar-refractivity contribution in [2.45, 2.75) is 0 Å². The number of sulfone groups is 1. The van der Waals surface area contributed by atoms with Crippen molar-refractivity contribution >= 4 is 15.7 Å². The number of aliphatic hydroxyl groups excluding tert-OH is 1. The zero-order valence-corrected chi connectivity index (χ0v) is 8.01. The van der Waals surface area contributed by atoms with E-state index in [9.17, 15) is 13.2 Å². The minimum absolute atomic E-state index is 0.0719. The molecule has 6 heteroatoms. The molecule has 5 nitrogen and oxygen atoms in total. The van der Waals surface area contributed by atoms with Crippen LogP contribution in [-0.2, 0) is 14.6 Å².